The highest BCUT2D eigenvalue weighted by atomic mass is 79.9. The van der Waals surface area contributed by atoms with Crippen molar-refractivity contribution in [2.75, 3.05) is 0 Å². The summed E-state index contributed by atoms with van der Waals surface area (Å²) in [6, 6.07) is 0. The van der Waals surface area contributed by atoms with Gasteiger partial charge in [-0.25, -0.2) is 0 Å². The molecule has 3 nitrogen and oxygen atoms in total. The van der Waals surface area contributed by atoms with E-state index in [-0.39, 0.29) is 0 Å². The quantitative estimate of drug-likeness (QED) is 0.442. The van der Waals surface area contributed by atoms with Crippen LogP contribution >= 0.6 is 27.5 Å². The zero-order valence-electron chi connectivity index (χ0n) is 9.07. The van der Waals surface area contributed by atoms with Crippen LogP contribution in [0.15, 0.2) is 6.20 Å². The number of carbonyl (C=O) groups is 1. The first kappa shape index (κ1) is 17.0. The molecular weight excluding hydrogens is 383 g/mol. The lowest BCUT2D eigenvalue weighted by Gasteiger charge is -2.19. The zero-order chi connectivity index (χ0) is 15.7. The number of alkyl halides is 7. The van der Waals surface area contributed by atoms with Gasteiger partial charge in [-0.1, -0.05) is 15.9 Å². The minimum absolute atomic E-state index is 0.488. The molecule has 0 N–H and O–H groups in total. The number of halogens is 8. The molecule has 0 aliphatic carbocycles. The van der Waals surface area contributed by atoms with E-state index < -0.39 is 45.7 Å². The highest BCUT2D eigenvalue weighted by Crippen LogP contribution is 2.42. The Hall–Kier alpha value is -1.03. The third-order valence-electron chi connectivity index (χ3n) is 1.95. The van der Waals surface area contributed by atoms with Crippen molar-refractivity contribution in [2.24, 2.45) is 0 Å². The lowest BCUT2D eigenvalue weighted by molar-refractivity contribution is -0.276. The number of nitrogens with zero attached hydrogens (tertiary/aromatic N) is 1. The van der Waals surface area contributed by atoms with Gasteiger partial charge in [-0.05, 0) is 11.6 Å². The zero-order valence-corrected chi connectivity index (χ0v) is 11.4. The van der Waals surface area contributed by atoms with Gasteiger partial charge in [0.1, 0.15) is 5.56 Å². The molecule has 0 aromatic carbocycles. The lowest BCUT2D eigenvalue weighted by atomic mass is 10.1. The van der Waals surface area contributed by atoms with E-state index in [1.807, 2.05) is 0 Å². The van der Waals surface area contributed by atoms with Crippen LogP contribution in [0.4, 0.5) is 26.3 Å². The molecule has 0 saturated heterocycles. The lowest BCUT2D eigenvalue weighted by Crippen LogP contribution is -2.23. The third-order valence-corrected chi connectivity index (χ3v) is 2.68. The highest BCUT2D eigenvalue weighted by Gasteiger charge is 2.43. The normalized spacial score (nSPS) is 12.4. The molecule has 1 aromatic rings. The maximum absolute atomic E-state index is 12.9. The summed E-state index contributed by atoms with van der Waals surface area (Å²) < 4.78 is 78.5. The SMILES string of the molecule is O=C(Cl)c1cnc(CBr)c(C(F)(F)F)c1OC(F)(F)F. The van der Waals surface area contributed by atoms with E-state index in [4.69, 9.17) is 11.6 Å². The Morgan fingerprint density at radius 1 is 1.30 bits per heavy atom. The first-order chi connectivity index (χ1) is 8.97. The molecular formula is C9H3BrClF6NO2. The molecule has 0 spiro atoms. The van der Waals surface area contributed by atoms with E-state index in [9.17, 15) is 31.1 Å². The molecule has 0 fully saturated rings. The molecule has 112 valence electrons. The second kappa shape index (κ2) is 5.76. The standard InChI is InChI=1S/C9H3BrClF6NO2/c10-1-4-5(8(12,13)14)6(20-9(15,16)17)3(2-18-4)7(11)19/h2H,1H2. The molecule has 0 aliphatic heterocycles. The van der Waals surface area contributed by atoms with Gasteiger partial charge < -0.3 is 4.74 Å². The molecule has 0 amide bonds. The molecule has 1 rings (SSSR count). The molecule has 0 aliphatic rings. The number of ether oxygens (including phenoxy) is 1. The van der Waals surface area contributed by atoms with Gasteiger partial charge in [0.15, 0.2) is 5.75 Å². The summed E-state index contributed by atoms with van der Waals surface area (Å²) in [5.74, 6) is -1.71. The molecule has 1 aromatic heterocycles. The van der Waals surface area contributed by atoms with Gasteiger partial charge >= 0.3 is 12.5 Å². The summed E-state index contributed by atoms with van der Waals surface area (Å²) in [5.41, 5.74) is -3.70. The van der Waals surface area contributed by atoms with Gasteiger partial charge in [0, 0.05) is 11.5 Å². The second-order valence-corrected chi connectivity index (χ2v) is 4.18. The van der Waals surface area contributed by atoms with Crippen molar-refractivity contribution in [1.82, 2.24) is 4.98 Å². The molecule has 20 heavy (non-hydrogen) atoms. The monoisotopic (exact) mass is 385 g/mol. The number of aromatic nitrogens is 1. The Kier molecular flexibility index (Phi) is 4.90. The average molecular weight is 386 g/mol. The van der Waals surface area contributed by atoms with Crippen molar-refractivity contribution in [2.45, 2.75) is 17.9 Å². The van der Waals surface area contributed by atoms with Crippen molar-refractivity contribution in [3.63, 3.8) is 0 Å². The largest absolute Gasteiger partial charge is 0.573 e. The number of hydrogen-bond donors (Lipinski definition) is 0. The van der Waals surface area contributed by atoms with Crippen LogP contribution in [0.25, 0.3) is 0 Å². The van der Waals surface area contributed by atoms with E-state index in [0.29, 0.717) is 6.20 Å². The smallest absolute Gasteiger partial charge is 0.404 e. The molecule has 11 heteroatoms. The Morgan fingerprint density at radius 3 is 2.20 bits per heavy atom. The van der Waals surface area contributed by atoms with Crippen molar-refractivity contribution in [1.29, 1.82) is 0 Å². The van der Waals surface area contributed by atoms with Gasteiger partial charge in [0.05, 0.1) is 11.3 Å². The molecule has 0 bridgehead atoms. The van der Waals surface area contributed by atoms with Crippen LogP contribution in [0.5, 0.6) is 5.75 Å². The minimum Gasteiger partial charge on any atom is -0.404 e. The maximum Gasteiger partial charge on any atom is 0.573 e. The summed E-state index contributed by atoms with van der Waals surface area (Å²) in [6.07, 6.45) is -10.1. The van der Waals surface area contributed by atoms with Crippen LogP contribution in [0.3, 0.4) is 0 Å². The summed E-state index contributed by atoms with van der Waals surface area (Å²) in [7, 11) is 0. The van der Waals surface area contributed by atoms with E-state index >= 15 is 0 Å². The van der Waals surface area contributed by atoms with E-state index in [1.165, 1.54) is 0 Å². The Balaban J connectivity index is 3.65. The van der Waals surface area contributed by atoms with E-state index in [1.54, 1.807) is 0 Å². The Bertz CT molecular complexity index is 530. The van der Waals surface area contributed by atoms with Gasteiger partial charge in [0.2, 0.25) is 0 Å². The van der Waals surface area contributed by atoms with Crippen molar-refractivity contribution < 1.29 is 35.9 Å². The number of carbonyl (C=O) groups excluding carboxylic acids is 1. The minimum atomic E-state index is -5.42. The van der Waals surface area contributed by atoms with Crippen LogP contribution in [-0.4, -0.2) is 16.6 Å². The summed E-state index contributed by atoms with van der Waals surface area (Å²) in [4.78, 5) is 14.2. The first-order valence-corrected chi connectivity index (χ1v) is 6.08. The van der Waals surface area contributed by atoms with Gasteiger partial charge in [-0.2, -0.15) is 13.2 Å². The van der Waals surface area contributed by atoms with Gasteiger partial charge in [-0.15, -0.1) is 13.2 Å². The topological polar surface area (TPSA) is 39.2 Å². The van der Waals surface area contributed by atoms with Crippen molar-refractivity contribution in [3.8, 4) is 5.75 Å². The Morgan fingerprint density at radius 2 is 1.85 bits per heavy atom. The Labute approximate surface area is 121 Å². The number of hydrogen-bond acceptors (Lipinski definition) is 3. The van der Waals surface area contributed by atoms with Crippen LogP contribution < -0.4 is 4.74 Å². The number of rotatable bonds is 3. The summed E-state index contributed by atoms with van der Waals surface area (Å²) in [5, 5.41) is -2.05. The van der Waals surface area contributed by atoms with E-state index in [2.05, 4.69) is 25.7 Å². The predicted molar refractivity (Wildman–Crippen MR) is 58.7 cm³/mol. The van der Waals surface area contributed by atoms with Crippen LogP contribution in [0, 0.1) is 0 Å². The predicted octanol–water partition coefficient (Wildman–Crippen LogP) is 4.27. The summed E-state index contributed by atoms with van der Waals surface area (Å²) >= 11 is 7.61. The van der Waals surface area contributed by atoms with Crippen molar-refractivity contribution in [3.05, 3.63) is 23.0 Å². The van der Waals surface area contributed by atoms with Crippen LogP contribution in [0.1, 0.15) is 21.6 Å². The average Bonchev–Trinajstić information content (AvgIpc) is 2.23. The fraction of sp³-hybridized carbons (Fsp3) is 0.333. The molecule has 0 saturated carbocycles. The van der Waals surface area contributed by atoms with Crippen LogP contribution in [-0.2, 0) is 11.5 Å². The van der Waals surface area contributed by atoms with Crippen molar-refractivity contribution >= 4 is 32.8 Å². The third kappa shape index (κ3) is 3.98. The van der Waals surface area contributed by atoms with Crippen LogP contribution in [0.2, 0.25) is 0 Å². The van der Waals surface area contributed by atoms with Gasteiger partial charge in [-0.3, -0.25) is 9.78 Å². The molecule has 0 atom stereocenters. The molecule has 0 radical (unpaired) electrons. The van der Waals surface area contributed by atoms with Gasteiger partial charge in [0.25, 0.3) is 5.24 Å². The fourth-order valence-electron chi connectivity index (χ4n) is 1.29. The molecule has 0 unspecified atom stereocenters. The number of pyridine rings is 1. The summed E-state index contributed by atoms with van der Waals surface area (Å²) in [6.45, 7) is 0. The fourth-order valence-corrected chi connectivity index (χ4v) is 1.85. The molecule has 1 heterocycles. The van der Waals surface area contributed by atoms with E-state index in [0.717, 1.165) is 0 Å². The highest BCUT2D eigenvalue weighted by molar-refractivity contribution is 9.08. The maximum atomic E-state index is 12.9. The second-order valence-electron chi connectivity index (χ2n) is 3.28. The first-order valence-electron chi connectivity index (χ1n) is 4.58.